The van der Waals surface area contributed by atoms with Crippen molar-refractivity contribution in [1.29, 1.82) is 0 Å². The number of hydrogen-bond acceptors (Lipinski definition) is 7. The minimum Gasteiger partial charge on any atom is -0.340 e. The molecule has 7 nitrogen and oxygen atoms in total. The van der Waals surface area contributed by atoms with E-state index >= 15 is 0 Å². The van der Waals surface area contributed by atoms with E-state index in [1.54, 1.807) is 49.4 Å². The molecule has 4 rings (SSSR count). The van der Waals surface area contributed by atoms with Gasteiger partial charge in [-0.25, -0.2) is 18.4 Å². The first-order valence-corrected chi connectivity index (χ1v) is 12.4. The summed E-state index contributed by atoms with van der Waals surface area (Å²) in [5.74, 6) is 1.09. The lowest BCUT2D eigenvalue weighted by molar-refractivity contribution is 0.0993. The molecule has 0 bridgehead atoms. The van der Waals surface area contributed by atoms with E-state index in [0.717, 1.165) is 11.3 Å². The van der Waals surface area contributed by atoms with Gasteiger partial charge in [0.25, 0.3) is 0 Å². The Balaban J connectivity index is 1.47. The van der Waals surface area contributed by atoms with Gasteiger partial charge in [0.05, 0.1) is 10.6 Å². The van der Waals surface area contributed by atoms with Gasteiger partial charge in [-0.2, -0.15) is 0 Å². The van der Waals surface area contributed by atoms with Gasteiger partial charge in [-0.1, -0.05) is 55.5 Å². The van der Waals surface area contributed by atoms with Crippen LogP contribution in [0, 0.1) is 0 Å². The van der Waals surface area contributed by atoms with E-state index in [2.05, 4.69) is 20.6 Å². The molecule has 8 heteroatoms. The molecule has 1 aromatic heterocycles. The standard InChI is InChI=1S/C26H24N4O3S/c1-2-34(32,33)23-13-7-12-22(16-23)30-26-17-25(27-18-28-26)29-21-11-6-10-20(15-21)24(31)14-19-8-4-3-5-9-19/h3-13,15-18H,2,14H2,1H3,(H2,27,28,29,30). The van der Waals surface area contributed by atoms with Crippen LogP contribution < -0.4 is 10.6 Å². The van der Waals surface area contributed by atoms with Gasteiger partial charge in [0.15, 0.2) is 15.6 Å². The fourth-order valence-corrected chi connectivity index (χ4v) is 4.30. The molecule has 0 spiro atoms. The zero-order chi connectivity index (χ0) is 24.0. The maximum absolute atomic E-state index is 12.7. The molecule has 0 aliphatic rings. The van der Waals surface area contributed by atoms with E-state index in [9.17, 15) is 13.2 Å². The third kappa shape index (κ3) is 5.85. The van der Waals surface area contributed by atoms with E-state index in [0.29, 0.717) is 29.3 Å². The predicted molar refractivity (Wildman–Crippen MR) is 134 cm³/mol. The molecule has 0 saturated heterocycles. The van der Waals surface area contributed by atoms with Gasteiger partial charge in [0, 0.05) is 29.4 Å². The summed E-state index contributed by atoms with van der Waals surface area (Å²) in [4.78, 5) is 21.4. The van der Waals surface area contributed by atoms with Crippen LogP contribution in [0.5, 0.6) is 0 Å². The fourth-order valence-electron chi connectivity index (χ4n) is 3.38. The highest BCUT2D eigenvalue weighted by Gasteiger charge is 2.12. The van der Waals surface area contributed by atoms with E-state index in [1.165, 1.54) is 6.33 Å². The molecule has 0 radical (unpaired) electrons. The summed E-state index contributed by atoms with van der Waals surface area (Å²) >= 11 is 0. The van der Waals surface area contributed by atoms with Gasteiger partial charge in [-0.15, -0.1) is 0 Å². The molecule has 4 aromatic rings. The monoisotopic (exact) mass is 472 g/mol. The highest BCUT2D eigenvalue weighted by atomic mass is 32.2. The largest absolute Gasteiger partial charge is 0.340 e. The Hall–Kier alpha value is -4.04. The molecule has 0 saturated carbocycles. The number of nitrogens with one attached hydrogen (secondary N) is 2. The summed E-state index contributed by atoms with van der Waals surface area (Å²) in [6.07, 6.45) is 1.74. The normalized spacial score (nSPS) is 11.1. The van der Waals surface area contributed by atoms with Crippen LogP contribution in [0.15, 0.2) is 96.2 Å². The zero-order valence-corrected chi connectivity index (χ0v) is 19.4. The Morgan fingerprint density at radius 1 is 0.794 bits per heavy atom. The second kappa shape index (κ2) is 10.3. The van der Waals surface area contributed by atoms with Crippen molar-refractivity contribution in [3.8, 4) is 0 Å². The molecule has 172 valence electrons. The van der Waals surface area contributed by atoms with Crippen LogP contribution in [0.1, 0.15) is 22.8 Å². The number of ketones is 1. The van der Waals surface area contributed by atoms with Crippen LogP contribution in [-0.4, -0.2) is 29.9 Å². The van der Waals surface area contributed by atoms with Crippen molar-refractivity contribution in [2.24, 2.45) is 0 Å². The summed E-state index contributed by atoms with van der Waals surface area (Å²) in [7, 11) is -3.31. The summed E-state index contributed by atoms with van der Waals surface area (Å²) in [6, 6.07) is 25.2. The molecular weight excluding hydrogens is 448 g/mol. The Bertz CT molecular complexity index is 1410. The molecule has 0 fully saturated rings. The Morgan fingerprint density at radius 2 is 1.44 bits per heavy atom. The molecule has 2 N–H and O–H groups in total. The van der Waals surface area contributed by atoms with Crippen LogP contribution in [0.25, 0.3) is 0 Å². The zero-order valence-electron chi connectivity index (χ0n) is 18.6. The second-order valence-corrected chi connectivity index (χ2v) is 9.91. The smallest absolute Gasteiger partial charge is 0.178 e. The average Bonchev–Trinajstić information content (AvgIpc) is 2.85. The molecule has 0 amide bonds. The minimum absolute atomic E-state index is 0.0295. The fraction of sp³-hybridized carbons (Fsp3) is 0.115. The number of benzene rings is 3. The van der Waals surface area contributed by atoms with Gasteiger partial charge in [0.1, 0.15) is 18.0 Å². The average molecular weight is 473 g/mol. The van der Waals surface area contributed by atoms with Crippen molar-refractivity contribution < 1.29 is 13.2 Å². The highest BCUT2D eigenvalue weighted by Crippen LogP contribution is 2.23. The quantitative estimate of drug-likeness (QED) is 0.324. The number of hydrogen-bond donors (Lipinski definition) is 2. The molecule has 3 aromatic carbocycles. The van der Waals surface area contributed by atoms with Crippen LogP contribution in [0.3, 0.4) is 0 Å². The van der Waals surface area contributed by atoms with E-state index in [-0.39, 0.29) is 16.4 Å². The minimum atomic E-state index is -3.31. The summed E-state index contributed by atoms with van der Waals surface area (Å²) in [5.41, 5.74) is 2.90. The van der Waals surface area contributed by atoms with Crippen LogP contribution in [0.4, 0.5) is 23.0 Å². The number of carbonyl (C=O) groups is 1. The topological polar surface area (TPSA) is 101 Å². The van der Waals surface area contributed by atoms with Crippen molar-refractivity contribution in [1.82, 2.24) is 9.97 Å². The summed E-state index contributed by atoms with van der Waals surface area (Å²) in [6.45, 7) is 1.61. The molecule has 0 aliphatic heterocycles. The van der Waals surface area contributed by atoms with E-state index < -0.39 is 9.84 Å². The van der Waals surface area contributed by atoms with Gasteiger partial charge in [0.2, 0.25) is 0 Å². The van der Waals surface area contributed by atoms with Crippen LogP contribution in [0.2, 0.25) is 0 Å². The Morgan fingerprint density at radius 3 is 2.12 bits per heavy atom. The number of aromatic nitrogens is 2. The number of nitrogens with zero attached hydrogens (tertiary/aromatic N) is 2. The summed E-state index contributed by atoms with van der Waals surface area (Å²) in [5, 5.41) is 6.31. The first-order valence-electron chi connectivity index (χ1n) is 10.8. The van der Waals surface area contributed by atoms with Crippen LogP contribution >= 0.6 is 0 Å². The molecule has 0 atom stereocenters. The van der Waals surface area contributed by atoms with Gasteiger partial charge >= 0.3 is 0 Å². The van der Waals surface area contributed by atoms with Gasteiger partial charge in [-0.3, -0.25) is 4.79 Å². The third-order valence-electron chi connectivity index (χ3n) is 5.18. The number of carbonyl (C=O) groups excluding carboxylic acids is 1. The number of sulfone groups is 1. The summed E-state index contributed by atoms with van der Waals surface area (Å²) < 4.78 is 24.3. The van der Waals surface area contributed by atoms with Crippen molar-refractivity contribution in [2.45, 2.75) is 18.2 Å². The van der Waals surface area contributed by atoms with Crippen molar-refractivity contribution in [3.63, 3.8) is 0 Å². The second-order valence-electron chi connectivity index (χ2n) is 7.64. The SMILES string of the molecule is CCS(=O)(=O)c1cccc(Nc2cc(Nc3cccc(C(=O)Cc4ccccc4)c3)ncn2)c1. The highest BCUT2D eigenvalue weighted by molar-refractivity contribution is 7.91. The predicted octanol–water partition coefficient (Wildman–Crippen LogP) is 5.18. The lowest BCUT2D eigenvalue weighted by Gasteiger charge is -2.10. The van der Waals surface area contributed by atoms with Crippen molar-refractivity contribution in [3.05, 3.63) is 102 Å². The lowest BCUT2D eigenvalue weighted by Crippen LogP contribution is -2.05. The molecular formula is C26H24N4O3S. The van der Waals surface area contributed by atoms with Crippen LogP contribution in [-0.2, 0) is 16.3 Å². The maximum atomic E-state index is 12.7. The Kier molecular flexibility index (Phi) is 6.98. The molecule has 0 unspecified atom stereocenters. The van der Waals surface area contributed by atoms with E-state index in [4.69, 9.17) is 0 Å². The maximum Gasteiger partial charge on any atom is 0.178 e. The lowest BCUT2D eigenvalue weighted by atomic mass is 10.0. The van der Waals surface area contributed by atoms with E-state index in [1.807, 2.05) is 42.5 Å². The number of anilines is 4. The molecule has 1 heterocycles. The molecule has 34 heavy (non-hydrogen) atoms. The van der Waals surface area contributed by atoms with Crippen molar-refractivity contribution >= 4 is 38.6 Å². The first kappa shape index (κ1) is 23.1. The third-order valence-corrected chi connectivity index (χ3v) is 6.91. The number of rotatable bonds is 9. The first-order chi connectivity index (χ1) is 16.4. The van der Waals surface area contributed by atoms with Gasteiger partial charge in [-0.05, 0) is 35.9 Å². The van der Waals surface area contributed by atoms with Gasteiger partial charge < -0.3 is 10.6 Å². The molecule has 0 aliphatic carbocycles. The Labute approximate surface area is 198 Å². The van der Waals surface area contributed by atoms with Crippen molar-refractivity contribution in [2.75, 3.05) is 16.4 Å². The number of Topliss-reactive ketones (excluding diaryl/α,β-unsaturated/α-hetero) is 1.